The summed E-state index contributed by atoms with van der Waals surface area (Å²) in [7, 11) is 0. The summed E-state index contributed by atoms with van der Waals surface area (Å²) in [6.07, 6.45) is 4.24. The Morgan fingerprint density at radius 3 is 2.95 bits per heavy atom. The van der Waals surface area contributed by atoms with E-state index >= 15 is 0 Å². The van der Waals surface area contributed by atoms with Crippen molar-refractivity contribution in [1.29, 1.82) is 5.26 Å². The van der Waals surface area contributed by atoms with Crippen molar-refractivity contribution in [2.45, 2.75) is 6.42 Å². The Morgan fingerprint density at radius 1 is 1.29 bits per heavy atom. The van der Waals surface area contributed by atoms with Crippen molar-refractivity contribution in [3.63, 3.8) is 0 Å². The van der Waals surface area contributed by atoms with Crippen molar-refractivity contribution < 1.29 is 4.39 Å². The average molecular weight is 280 g/mol. The molecule has 0 aliphatic heterocycles. The van der Waals surface area contributed by atoms with E-state index in [9.17, 15) is 4.39 Å². The predicted octanol–water partition coefficient (Wildman–Crippen LogP) is 3.23. The lowest BCUT2D eigenvalue weighted by Crippen LogP contribution is -2.05. The van der Waals surface area contributed by atoms with Gasteiger partial charge in [-0.1, -0.05) is 0 Å². The zero-order chi connectivity index (χ0) is 14.7. The van der Waals surface area contributed by atoms with E-state index in [-0.39, 0.29) is 5.82 Å². The maximum absolute atomic E-state index is 13.1. The lowest BCUT2D eigenvalue weighted by molar-refractivity contribution is 0.629. The normalized spacial score (nSPS) is 10.5. The molecule has 4 nitrogen and oxygen atoms in total. The summed E-state index contributed by atoms with van der Waals surface area (Å²) in [4.78, 5) is 7.22. The van der Waals surface area contributed by atoms with E-state index in [4.69, 9.17) is 5.26 Å². The Bertz CT molecular complexity index is 799. The van der Waals surface area contributed by atoms with Crippen LogP contribution in [0.1, 0.15) is 11.1 Å². The van der Waals surface area contributed by atoms with Gasteiger partial charge < -0.3 is 10.3 Å². The van der Waals surface area contributed by atoms with Crippen molar-refractivity contribution in [2.75, 3.05) is 11.9 Å². The number of hydrogen-bond donors (Lipinski definition) is 2. The standard InChI is InChI=1S/C16H13FN4/c17-13-2-3-14-12(10-20-15(14)7-13)5-6-19-16-4-1-11(8-18)9-21-16/h1-4,7,9-10,20H,5-6H2,(H,19,21). The molecule has 0 saturated carbocycles. The smallest absolute Gasteiger partial charge is 0.125 e. The maximum atomic E-state index is 13.1. The van der Waals surface area contributed by atoms with Gasteiger partial charge in [0.2, 0.25) is 0 Å². The Hall–Kier alpha value is -2.87. The Labute approximate surface area is 121 Å². The van der Waals surface area contributed by atoms with Crippen LogP contribution in [0.2, 0.25) is 0 Å². The second-order valence-corrected chi connectivity index (χ2v) is 4.72. The van der Waals surface area contributed by atoms with E-state index in [1.807, 2.05) is 12.3 Å². The highest BCUT2D eigenvalue weighted by atomic mass is 19.1. The molecule has 0 unspecified atom stereocenters. The molecule has 21 heavy (non-hydrogen) atoms. The number of nitrogens with zero attached hydrogens (tertiary/aromatic N) is 2. The molecule has 2 heterocycles. The van der Waals surface area contributed by atoms with Crippen LogP contribution in [-0.2, 0) is 6.42 Å². The second kappa shape index (κ2) is 5.63. The van der Waals surface area contributed by atoms with Crippen LogP contribution in [-0.4, -0.2) is 16.5 Å². The molecule has 2 aromatic heterocycles. The number of nitrogens with one attached hydrogen (secondary N) is 2. The summed E-state index contributed by atoms with van der Waals surface area (Å²) in [5.41, 5.74) is 2.48. The van der Waals surface area contributed by atoms with Gasteiger partial charge >= 0.3 is 0 Å². The molecule has 2 N–H and O–H groups in total. The number of benzene rings is 1. The Balaban J connectivity index is 1.65. The predicted molar refractivity (Wildman–Crippen MR) is 79.4 cm³/mol. The highest BCUT2D eigenvalue weighted by Crippen LogP contribution is 2.19. The van der Waals surface area contributed by atoms with E-state index in [0.717, 1.165) is 28.7 Å². The minimum absolute atomic E-state index is 0.240. The molecule has 0 radical (unpaired) electrons. The van der Waals surface area contributed by atoms with E-state index < -0.39 is 0 Å². The molecule has 0 bridgehead atoms. The van der Waals surface area contributed by atoms with Gasteiger partial charge in [-0.15, -0.1) is 0 Å². The number of rotatable bonds is 4. The first-order chi connectivity index (χ1) is 10.3. The fourth-order valence-corrected chi connectivity index (χ4v) is 2.26. The number of aromatic amines is 1. The number of hydrogen-bond acceptors (Lipinski definition) is 3. The lowest BCUT2D eigenvalue weighted by Gasteiger charge is -2.04. The van der Waals surface area contributed by atoms with Gasteiger partial charge in [-0.2, -0.15) is 5.26 Å². The first-order valence-corrected chi connectivity index (χ1v) is 6.62. The number of pyridine rings is 1. The van der Waals surface area contributed by atoms with Gasteiger partial charge in [-0.05, 0) is 42.3 Å². The number of fused-ring (bicyclic) bond motifs is 1. The molecule has 0 aliphatic carbocycles. The molecule has 5 heteroatoms. The van der Waals surface area contributed by atoms with Crippen molar-refractivity contribution in [3.05, 3.63) is 59.7 Å². The summed E-state index contributed by atoms with van der Waals surface area (Å²) in [5.74, 6) is 0.496. The summed E-state index contributed by atoms with van der Waals surface area (Å²) in [5, 5.41) is 12.9. The van der Waals surface area contributed by atoms with E-state index in [1.165, 1.54) is 18.3 Å². The summed E-state index contributed by atoms with van der Waals surface area (Å²) in [6.45, 7) is 0.712. The fourth-order valence-electron chi connectivity index (χ4n) is 2.26. The largest absolute Gasteiger partial charge is 0.370 e. The van der Waals surface area contributed by atoms with Crippen LogP contribution in [0.4, 0.5) is 10.2 Å². The van der Waals surface area contributed by atoms with Crippen molar-refractivity contribution >= 4 is 16.7 Å². The van der Waals surface area contributed by atoms with Gasteiger partial charge in [-0.3, -0.25) is 0 Å². The summed E-state index contributed by atoms with van der Waals surface area (Å²) >= 11 is 0. The zero-order valence-corrected chi connectivity index (χ0v) is 11.2. The third kappa shape index (κ3) is 2.84. The summed E-state index contributed by atoms with van der Waals surface area (Å²) in [6, 6.07) is 10.3. The number of nitriles is 1. The van der Waals surface area contributed by atoms with Gasteiger partial charge in [0.1, 0.15) is 17.7 Å². The zero-order valence-electron chi connectivity index (χ0n) is 11.2. The molecule has 3 aromatic rings. The molecule has 0 aliphatic rings. The molecule has 0 amide bonds. The van der Waals surface area contributed by atoms with Crippen molar-refractivity contribution in [3.8, 4) is 6.07 Å². The molecule has 0 atom stereocenters. The van der Waals surface area contributed by atoms with Crippen LogP contribution in [0.25, 0.3) is 10.9 Å². The van der Waals surface area contributed by atoms with Crippen LogP contribution in [0.3, 0.4) is 0 Å². The van der Waals surface area contributed by atoms with Crippen LogP contribution in [0.15, 0.2) is 42.7 Å². The quantitative estimate of drug-likeness (QED) is 0.771. The molecule has 0 saturated heterocycles. The van der Waals surface area contributed by atoms with Gasteiger partial charge in [-0.25, -0.2) is 9.37 Å². The molecule has 0 fully saturated rings. The van der Waals surface area contributed by atoms with Gasteiger partial charge in [0.15, 0.2) is 0 Å². The van der Waals surface area contributed by atoms with E-state index in [2.05, 4.69) is 15.3 Å². The third-order valence-electron chi connectivity index (χ3n) is 3.32. The van der Waals surface area contributed by atoms with Gasteiger partial charge in [0.25, 0.3) is 0 Å². The number of aromatic nitrogens is 2. The molecular formula is C16H13FN4. The molecule has 1 aromatic carbocycles. The van der Waals surface area contributed by atoms with Crippen LogP contribution in [0.5, 0.6) is 0 Å². The minimum Gasteiger partial charge on any atom is -0.370 e. The molecule has 104 valence electrons. The minimum atomic E-state index is -0.240. The van der Waals surface area contributed by atoms with Crippen LogP contribution < -0.4 is 5.32 Å². The lowest BCUT2D eigenvalue weighted by atomic mass is 10.1. The van der Waals surface area contributed by atoms with Gasteiger partial charge in [0, 0.05) is 29.8 Å². The number of H-pyrrole nitrogens is 1. The maximum Gasteiger partial charge on any atom is 0.125 e. The monoisotopic (exact) mass is 280 g/mol. The number of halogens is 1. The van der Waals surface area contributed by atoms with Crippen LogP contribution in [0, 0.1) is 17.1 Å². The second-order valence-electron chi connectivity index (χ2n) is 4.72. The Kier molecular flexibility index (Phi) is 3.52. The SMILES string of the molecule is N#Cc1ccc(NCCc2c[nH]c3cc(F)ccc23)nc1. The van der Waals surface area contributed by atoms with Crippen molar-refractivity contribution in [2.24, 2.45) is 0 Å². The highest BCUT2D eigenvalue weighted by Gasteiger charge is 2.04. The van der Waals surface area contributed by atoms with E-state index in [0.29, 0.717) is 12.1 Å². The van der Waals surface area contributed by atoms with Crippen molar-refractivity contribution in [1.82, 2.24) is 9.97 Å². The fraction of sp³-hybridized carbons (Fsp3) is 0.125. The molecule has 3 rings (SSSR count). The topological polar surface area (TPSA) is 64.5 Å². The first-order valence-electron chi connectivity index (χ1n) is 6.62. The summed E-state index contributed by atoms with van der Waals surface area (Å²) < 4.78 is 13.1. The number of anilines is 1. The third-order valence-corrected chi connectivity index (χ3v) is 3.32. The van der Waals surface area contributed by atoms with Gasteiger partial charge in [0.05, 0.1) is 5.56 Å². The van der Waals surface area contributed by atoms with E-state index in [1.54, 1.807) is 18.2 Å². The Morgan fingerprint density at radius 2 is 2.19 bits per heavy atom. The molecule has 0 spiro atoms. The first kappa shape index (κ1) is 13.1. The van der Waals surface area contributed by atoms with Crippen LogP contribution >= 0.6 is 0 Å². The highest BCUT2D eigenvalue weighted by molar-refractivity contribution is 5.83. The molecular weight excluding hydrogens is 267 g/mol. The average Bonchev–Trinajstić information content (AvgIpc) is 2.90.